The Balaban J connectivity index is 2.34. The number of allylic oxidation sites excluding steroid dienone is 12. The average molecular weight is 681 g/mol. The maximum Gasteiger partial charge on any atom is 0.309 e. The first-order chi connectivity index (χ1) is 23.8. The van der Waals surface area contributed by atoms with Gasteiger partial charge in [-0.15, -0.1) is 0 Å². The molecule has 4 N–H and O–H groups in total. The van der Waals surface area contributed by atoms with E-state index in [0.29, 0.717) is 23.3 Å². The summed E-state index contributed by atoms with van der Waals surface area (Å²) < 4.78 is 5.83. The summed E-state index contributed by atoms with van der Waals surface area (Å²) in [6.45, 7) is 3.23. The molecule has 0 saturated heterocycles. The van der Waals surface area contributed by atoms with E-state index in [-0.39, 0.29) is 57.4 Å². The molecule has 0 radical (unpaired) electrons. The van der Waals surface area contributed by atoms with Crippen molar-refractivity contribution in [3.8, 4) is 0 Å². The van der Waals surface area contributed by atoms with Crippen LogP contribution in [0.15, 0.2) is 85.3 Å². The molecule has 0 spiro atoms. The number of hydrogen-bond donors (Lipinski definition) is 4. The first kappa shape index (κ1) is 42.7. The highest BCUT2D eigenvalue weighted by molar-refractivity contribution is 5.91. The minimum atomic E-state index is -0.655. The van der Waals surface area contributed by atoms with Crippen LogP contribution in [-0.4, -0.2) is 65.9 Å². The van der Waals surface area contributed by atoms with Crippen molar-refractivity contribution >= 4 is 17.8 Å². The summed E-state index contributed by atoms with van der Waals surface area (Å²) in [5.41, 5.74) is 0.301. The van der Waals surface area contributed by atoms with Crippen molar-refractivity contribution in [2.75, 3.05) is 32.9 Å². The number of aliphatic hydroxyl groups excluding tert-OH is 2. The Bertz CT molecular complexity index is 1270. The Labute approximate surface area is 291 Å². The molecule has 1 unspecified atom stereocenters. The van der Waals surface area contributed by atoms with Crippen molar-refractivity contribution in [2.45, 2.75) is 78.1 Å². The lowest BCUT2D eigenvalue weighted by Gasteiger charge is -2.18. The van der Waals surface area contributed by atoms with Crippen molar-refractivity contribution in [3.63, 3.8) is 0 Å². The Morgan fingerprint density at radius 2 is 1.35 bits per heavy atom. The largest absolute Gasteiger partial charge is 0.618 e. The number of nitrogens with one attached hydrogen (secondary N) is 2. The maximum atomic E-state index is 12.8. The molecule has 0 aromatic carbocycles. The van der Waals surface area contributed by atoms with Crippen molar-refractivity contribution < 1.29 is 34.1 Å². The Morgan fingerprint density at radius 1 is 0.837 bits per heavy atom. The number of nitrogens with zero attached hydrogens (tertiary/aromatic N) is 2. The SMILES string of the molecule is CC/C=C\C/C=C\C/C=C\C/C=C\C/C=C\C/C=C\CCC(=O)NCCC(CCNC(=O)c1c[n+]([O-])c(C)cn1)C(=O)OCC(CO)CO. The van der Waals surface area contributed by atoms with Crippen molar-refractivity contribution in [2.24, 2.45) is 11.8 Å². The van der Waals surface area contributed by atoms with Gasteiger partial charge >= 0.3 is 5.97 Å². The molecule has 1 atom stereocenters. The van der Waals surface area contributed by atoms with Gasteiger partial charge in [0.15, 0.2) is 5.69 Å². The van der Waals surface area contributed by atoms with Crippen LogP contribution in [0.3, 0.4) is 0 Å². The Morgan fingerprint density at radius 3 is 1.86 bits per heavy atom. The van der Waals surface area contributed by atoms with Gasteiger partial charge in [0.1, 0.15) is 0 Å². The highest BCUT2D eigenvalue weighted by atomic mass is 16.5. The summed E-state index contributed by atoms with van der Waals surface area (Å²) in [4.78, 5) is 41.4. The first-order valence-electron chi connectivity index (χ1n) is 17.2. The van der Waals surface area contributed by atoms with Gasteiger partial charge in [0.25, 0.3) is 5.91 Å². The zero-order chi connectivity index (χ0) is 36.0. The summed E-state index contributed by atoms with van der Waals surface area (Å²) in [5, 5.41) is 35.7. The van der Waals surface area contributed by atoms with Crippen LogP contribution in [0.2, 0.25) is 0 Å². The molecule has 1 rings (SSSR count). The lowest BCUT2D eigenvalue weighted by molar-refractivity contribution is -0.613. The van der Waals surface area contributed by atoms with E-state index in [9.17, 15) is 29.8 Å². The number of carbonyl (C=O) groups excluding carboxylic acids is 3. The number of rotatable bonds is 26. The quantitative estimate of drug-likeness (QED) is 0.0465. The second-order valence-corrected chi connectivity index (χ2v) is 11.4. The predicted molar refractivity (Wildman–Crippen MR) is 192 cm³/mol. The lowest BCUT2D eigenvalue weighted by atomic mass is 10.0. The number of aryl methyl sites for hydroxylation is 1. The van der Waals surface area contributed by atoms with Gasteiger partial charge in [0.2, 0.25) is 17.8 Å². The van der Waals surface area contributed by atoms with Crippen LogP contribution in [-0.2, 0) is 14.3 Å². The molecular weight excluding hydrogens is 624 g/mol. The number of aromatic nitrogens is 2. The van der Waals surface area contributed by atoms with E-state index < -0.39 is 23.7 Å². The zero-order valence-electron chi connectivity index (χ0n) is 29.2. The molecule has 1 aromatic rings. The second kappa shape index (κ2) is 28.6. The molecule has 11 heteroatoms. The molecule has 0 bridgehead atoms. The molecule has 0 aliphatic rings. The van der Waals surface area contributed by atoms with E-state index in [1.54, 1.807) is 6.92 Å². The highest BCUT2D eigenvalue weighted by Gasteiger charge is 2.22. The molecule has 49 heavy (non-hydrogen) atoms. The number of aliphatic hydroxyl groups is 2. The van der Waals surface area contributed by atoms with E-state index in [4.69, 9.17) is 4.74 Å². The molecule has 0 fully saturated rings. The smallest absolute Gasteiger partial charge is 0.309 e. The molecule has 0 aliphatic carbocycles. The van der Waals surface area contributed by atoms with Crippen LogP contribution in [0.5, 0.6) is 0 Å². The molecule has 11 nitrogen and oxygen atoms in total. The van der Waals surface area contributed by atoms with Gasteiger partial charge in [-0.2, -0.15) is 4.73 Å². The van der Waals surface area contributed by atoms with E-state index in [1.165, 1.54) is 6.20 Å². The summed E-state index contributed by atoms with van der Waals surface area (Å²) in [6, 6.07) is 0. The Hall–Kier alpha value is -4.35. The standard InChI is InChI=1S/C38H56N4O7/c1-3-4-5-6-7-8-9-10-11-12-13-14-15-16-17-18-19-20-21-22-36(45)39-25-23-34(38(47)49-31-33(29-43)30-44)24-26-40-37(46)35-28-42(48)32(2)27-41-35/h4-5,7-8,10-11,13-14,16-17,19-20,27-28,33-34,43-44H,3,6,9,12,15,18,21-26,29-31H2,1-2H3,(H,39,45)(H,40,46)/b5-4-,8-7-,11-10-,14-13-,17-16-,20-19-. The van der Waals surface area contributed by atoms with Crippen molar-refractivity contribution in [3.05, 3.63) is 102 Å². The topological polar surface area (TPSA) is 165 Å². The fourth-order valence-corrected chi connectivity index (χ4v) is 4.22. The lowest BCUT2D eigenvalue weighted by Crippen LogP contribution is -2.35. The van der Waals surface area contributed by atoms with Crippen LogP contribution in [0.1, 0.15) is 87.3 Å². The number of carbonyl (C=O) groups is 3. The van der Waals surface area contributed by atoms with Crippen LogP contribution < -0.4 is 15.4 Å². The molecular formula is C38H56N4O7. The number of amides is 2. The summed E-state index contributed by atoms with van der Waals surface area (Å²) in [7, 11) is 0. The third-order valence-corrected chi connectivity index (χ3v) is 7.25. The van der Waals surface area contributed by atoms with Crippen LogP contribution in [0.4, 0.5) is 0 Å². The Kier molecular flexibility index (Phi) is 24.9. The third-order valence-electron chi connectivity index (χ3n) is 7.25. The van der Waals surface area contributed by atoms with Gasteiger partial charge in [-0.25, -0.2) is 4.98 Å². The fourth-order valence-electron chi connectivity index (χ4n) is 4.22. The molecule has 0 aliphatic heterocycles. The van der Waals surface area contributed by atoms with Gasteiger partial charge in [-0.1, -0.05) is 79.8 Å². The van der Waals surface area contributed by atoms with Crippen LogP contribution >= 0.6 is 0 Å². The van der Waals surface area contributed by atoms with Crippen molar-refractivity contribution in [1.29, 1.82) is 0 Å². The van der Waals surface area contributed by atoms with E-state index >= 15 is 0 Å². The third kappa shape index (κ3) is 22.0. The van der Waals surface area contributed by atoms with Crippen molar-refractivity contribution in [1.82, 2.24) is 15.6 Å². The molecule has 0 saturated carbocycles. The summed E-state index contributed by atoms with van der Waals surface area (Å²) in [5.74, 6) is -2.50. The number of esters is 1. The monoisotopic (exact) mass is 680 g/mol. The van der Waals surface area contributed by atoms with E-state index in [1.807, 2.05) is 12.2 Å². The maximum absolute atomic E-state index is 12.8. The van der Waals surface area contributed by atoms with Crippen LogP contribution in [0.25, 0.3) is 0 Å². The normalized spacial score (nSPS) is 12.8. The highest BCUT2D eigenvalue weighted by Crippen LogP contribution is 2.12. The number of ether oxygens (including phenoxy) is 1. The van der Waals surface area contributed by atoms with Gasteiger partial charge in [0.05, 0.1) is 31.9 Å². The minimum Gasteiger partial charge on any atom is -0.618 e. The first-order valence-corrected chi connectivity index (χ1v) is 17.2. The predicted octanol–water partition coefficient (Wildman–Crippen LogP) is 4.89. The van der Waals surface area contributed by atoms with Crippen LogP contribution in [0, 0.1) is 24.0 Å². The summed E-state index contributed by atoms with van der Waals surface area (Å²) in [6.07, 6.45) is 35.0. The minimum absolute atomic E-state index is 0.0485. The van der Waals surface area contributed by atoms with E-state index in [0.717, 1.165) is 44.7 Å². The van der Waals surface area contributed by atoms with Gasteiger partial charge < -0.3 is 30.8 Å². The van der Waals surface area contributed by atoms with Gasteiger partial charge in [-0.05, 0) is 57.8 Å². The second-order valence-electron chi connectivity index (χ2n) is 11.4. The molecule has 1 heterocycles. The van der Waals surface area contributed by atoms with Gasteiger partial charge in [-0.3, -0.25) is 14.4 Å². The molecule has 2 amide bonds. The molecule has 270 valence electrons. The fraction of sp³-hybridized carbons (Fsp3) is 0.500. The molecule has 1 aromatic heterocycles. The van der Waals surface area contributed by atoms with E-state index in [2.05, 4.69) is 83.3 Å². The average Bonchev–Trinajstić information content (AvgIpc) is 3.10. The van der Waals surface area contributed by atoms with Gasteiger partial charge in [0, 0.05) is 32.4 Å². The number of hydrogen-bond acceptors (Lipinski definition) is 8. The summed E-state index contributed by atoms with van der Waals surface area (Å²) >= 11 is 0. The zero-order valence-corrected chi connectivity index (χ0v) is 29.2.